The lowest BCUT2D eigenvalue weighted by Gasteiger charge is -2.11. The number of carboxylic acids is 1. The first kappa shape index (κ1) is 20.7. The van der Waals surface area contributed by atoms with E-state index in [9.17, 15) is 14.4 Å². The number of hydrogen-bond acceptors (Lipinski definition) is 4. The maximum absolute atomic E-state index is 12.4. The minimum Gasteiger partial charge on any atom is -0.491 e. The van der Waals surface area contributed by atoms with E-state index < -0.39 is 24.3 Å². The molecule has 146 valence electrons. The minimum absolute atomic E-state index is 0.0314. The molecule has 2 amide bonds. The van der Waals surface area contributed by atoms with Crippen LogP contribution in [-0.4, -0.2) is 35.5 Å². The van der Waals surface area contributed by atoms with E-state index in [-0.39, 0.29) is 11.8 Å². The second-order valence-electron chi connectivity index (χ2n) is 6.19. The number of benzene rings is 2. The summed E-state index contributed by atoms with van der Waals surface area (Å²) in [7, 11) is 0. The molecule has 0 aromatic heterocycles. The highest BCUT2D eigenvalue weighted by atomic mass is 16.5. The van der Waals surface area contributed by atoms with Gasteiger partial charge in [-0.15, -0.1) is 0 Å². The Hall–Kier alpha value is -3.61. The van der Waals surface area contributed by atoms with Gasteiger partial charge in [-0.2, -0.15) is 0 Å². The van der Waals surface area contributed by atoms with Gasteiger partial charge in [-0.3, -0.25) is 14.4 Å². The van der Waals surface area contributed by atoms with E-state index in [1.165, 1.54) is 6.08 Å². The Morgan fingerprint density at radius 3 is 2.25 bits per heavy atom. The van der Waals surface area contributed by atoms with Crippen LogP contribution in [0.2, 0.25) is 0 Å². The molecule has 7 heteroatoms. The summed E-state index contributed by atoms with van der Waals surface area (Å²) >= 11 is 0. The van der Waals surface area contributed by atoms with Crippen LogP contribution in [-0.2, 0) is 9.59 Å². The Morgan fingerprint density at radius 1 is 1.04 bits per heavy atom. The molecule has 0 fully saturated rings. The average molecular weight is 382 g/mol. The Labute approximate surface area is 163 Å². The number of carbonyl (C=O) groups excluding carboxylic acids is 2. The van der Waals surface area contributed by atoms with E-state index in [1.54, 1.807) is 54.6 Å². The Morgan fingerprint density at radius 2 is 1.68 bits per heavy atom. The predicted octanol–water partition coefficient (Wildman–Crippen LogP) is 2.45. The molecule has 0 heterocycles. The van der Waals surface area contributed by atoms with Crippen molar-refractivity contribution in [2.45, 2.75) is 20.0 Å². The fourth-order valence-electron chi connectivity index (χ4n) is 2.27. The second-order valence-corrected chi connectivity index (χ2v) is 6.19. The summed E-state index contributed by atoms with van der Waals surface area (Å²) in [5.74, 6) is -1.68. The van der Waals surface area contributed by atoms with Crippen LogP contribution in [0.15, 0.2) is 60.3 Å². The van der Waals surface area contributed by atoms with Gasteiger partial charge >= 0.3 is 5.97 Å². The lowest BCUT2D eigenvalue weighted by Crippen LogP contribution is -2.37. The zero-order valence-electron chi connectivity index (χ0n) is 15.6. The Balaban J connectivity index is 2.23. The van der Waals surface area contributed by atoms with Crippen LogP contribution in [0.1, 0.15) is 29.8 Å². The third-order valence-corrected chi connectivity index (χ3v) is 3.49. The number of hydrogen-bond donors (Lipinski definition) is 3. The monoisotopic (exact) mass is 382 g/mol. The van der Waals surface area contributed by atoms with Crippen molar-refractivity contribution >= 4 is 23.9 Å². The van der Waals surface area contributed by atoms with Gasteiger partial charge in [0.15, 0.2) is 0 Å². The SMILES string of the molecule is CC(C)Oc1ccc(/C=C(/NC(=O)c2ccccc2)C(=O)NCC(=O)O)cc1. The van der Waals surface area contributed by atoms with E-state index in [0.717, 1.165) is 0 Å². The molecule has 0 radical (unpaired) electrons. The largest absolute Gasteiger partial charge is 0.491 e. The lowest BCUT2D eigenvalue weighted by molar-refractivity contribution is -0.137. The molecule has 0 saturated carbocycles. The van der Waals surface area contributed by atoms with Gasteiger partial charge in [-0.1, -0.05) is 30.3 Å². The third-order valence-electron chi connectivity index (χ3n) is 3.49. The molecule has 2 aromatic carbocycles. The highest BCUT2D eigenvalue weighted by Gasteiger charge is 2.15. The number of rotatable bonds is 8. The minimum atomic E-state index is -1.18. The van der Waals surface area contributed by atoms with Gasteiger partial charge in [0, 0.05) is 5.56 Å². The van der Waals surface area contributed by atoms with Gasteiger partial charge in [-0.25, -0.2) is 0 Å². The number of aliphatic carboxylic acids is 1. The number of carbonyl (C=O) groups is 3. The summed E-state index contributed by atoms with van der Waals surface area (Å²) < 4.78 is 5.57. The van der Waals surface area contributed by atoms with Crippen LogP contribution in [0.3, 0.4) is 0 Å². The highest BCUT2D eigenvalue weighted by Crippen LogP contribution is 2.16. The highest BCUT2D eigenvalue weighted by molar-refractivity contribution is 6.05. The fourth-order valence-corrected chi connectivity index (χ4v) is 2.27. The van der Waals surface area contributed by atoms with Crippen molar-refractivity contribution < 1.29 is 24.2 Å². The first-order valence-corrected chi connectivity index (χ1v) is 8.70. The van der Waals surface area contributed by atoms with Crippen LogP contribution in [0.5, 0.6) is 5.75 Å². The van der Waals surface area contributed by atoms with E-state index in [2.05, 4.69) is 10.6 Å². The van der Waals surface area contributed by atoms with Gasteiger partial charge < -0.3 is 20.5 Å². The van der Waals surface area contributed by atoms with E-state index in [4.69, 9.17) is 9.84 Å². The standard InChI is InChI=1S/C21H22N2O5/c1-14(2)28-17-10-8-15(9-11-17)12-18(21(27)22-13-19(24)25)23-20(26)16-6-4-3-5-7-16/h3-12,14H,13H2,1-2H3,(H,22,27)(H,23,26)(H,24,25)/b18-12+. The van der Waals surface area contributed by atoms with E-state index >= 15 is 0 Å². The quantitative estimate of drug-likeness (QED) is 0.608. The van der Waals surface area contributed by atoms with Gasteiger partial charge in [0.25, 0.3) is 11.8 Å². The summed E-state index contributed by atoms with van der Waals surface area (Å²) in [4.78, 5) is 35.5. The summed E-state index contributed by atoms with van der Waals surface area (Å²) in [5, 5.41) is 13.5. The molecule has 2 rings (SSSR count). The molecule has 0 spiro atoms. The van der Waals surface area contributed by atoms with Gasteiger partial charge in [0.2, 0.25) is 0 Å². The number of nitrogens with one attached hydrogen (secondary N) is 2. The normalized spacial score (nSPS) is 11.0. The topological polar surface area (TPSA) is 105 Å². The lowest BCUT2D eigenvalue weighted by atomic mass is 10.1. The molecule has 0 aliphatic carbocycles. The number of ether oxygens (including phenoxy) is 1. The van der Waals surface area contributed by atoms with Crippen molar-refractivity contribution in [3.63, 3.8) is 0 Å². The van der Waals surface area contributed by atoms with Crippen molar-refractivity contribution in [1.29, 1.82) is 0 Å². The Bertz CT molecular complexity index is 858. The van der Waals surface area contributed by atoms with Crippen LogP contribution >= 0.6 is 0 Å². The van der Waals surface area contributed by atoms with Crippen molar-refractivity contribution in [1.82, 2.24) is 10.6 Å². The number of carboxylic acid groups (broad SMARTS) is 1. The molecule has 0 atom stereocenters. The summed E-state index contributed by atoms with van der Waals surface area (Å²) in [6.45, 7) is 3.27. The molecule has 0 bridgehead atoms. The maximum Gasteiger partial charge on any atom is 0.322 e. The fraction of sp³-hybridized carbons (Fsp3) is 0.190. The number of amides is 2. The second kappa shape index (κ2) is 9.91. The van der Waals surface area contributed by atoms with E-state index in [1.807, 2.05) is 13.8 Å². The molecular formula is C21H22N2O5. The smallest absolute Gasteiger partial charge is 0.322 e. The summed E-state index contributed by atoms with van der Waals surface area (Å²) in [5.41, 5.74) is 0.956. The molecule has 0 aliphatic rings. The van der Waals surface area contributed by atoms with Crippen molar-refractivity contribution in [3.8, 4) is 5.75 Å². The van der Waals surface area contributed by atoms with Gasteiger partial charge in [0.05, 0.1) is 6.10 Å². The molecule has 28 heavy (non-hydrogen) atoms. The van der Waals surface area contributed by atoms with Gasteiger partial charge in [-0.05, 0) is 49.8 Å². The van der Waals surface area contributed by atoms with Crippen molar-refractivity contribution in [2.75, 3.05) is 6.54 Å². The maximum atomic E-state index is 12.4. The first-order valence-electron chi connectivity index (χ1n) is 8.70. The Kier molecular flexibility index (Phi) is 7.33. The summed E-state index contributed by atoms with van der Waals surface area (Å²) in [6, 6.07) is 15.4. The van der Waals surface area contributed by atoms with Crippen molar-refractivity contribution in [2.24, 2.45) is 0 Å². The van der Waals surface area contributed by atoms with Crippen LogP contribution < -0.4 is 15.4 Å². The molecule has 7 nitrogen and oxygen atoms in total. The first-order chi connectivity index (χ1) is 13.3. The molecule has 0 aliphatic heterocycles. The molecule has 2 aromatic rings. The van der Waals surface area contributed by atoms with Gasteiger partial charge in [0.1, 0.15) is 18.0 Å². The molecule has 0 saturated heterocycles. The van der Waals surface area contributed by atoms with Crippen molar-refractivity contribution in [3.05, 3.63) is 71.4 Å². The summed E-state index contributed by atoms with van der Waals surface area (Å²) in [6.07, 6.45) is 1.50. The average Bonchev–Trinajstić information content (AvgIpc) is 2.67. The third kappa shape index (κ3) is 6.60. The van der Waals surface area contributed by atoms with Crippen LogP contribution in [0.4, 0.5) is 0 Å². The van der Waals surface area contributed by atoms with Crippen LogP contribution in [0.25, 0.3) is 6.08 Å². The van der Waals surface area contributed by atoms with Crippen LogP contribution in [0, 0.1) is 0 Å². The molecular weight excluding hydrogens is 360 g/mol. The molecule has 0 unspecified atom stereocenters. The predicted molar refractivity (Wildman–Crippen MR) is 105 cm³/mol. The molecule has 3 N–H and O–H groups in total. The van der Waals surface area contributed by atoms with E-state index in [0.29, 0.717) is 16.9 Å². The zero-order valence-corrected chi connectivity index (χ0v) is 15.6. The zero-order chi connectivity index (χ0) is 20.5.